The van der Waals surface area contributed by atoms with E-state index >= 15 is 0 Å². The summed E-state index contributed by atoms with van der Waals surface area (Å²) in [5, 5.41) is 11.5. The van der Waals surface area contributed by atoms with Gasteiger partial charge in [0.25, 0.3) is 11.8 Å². The Labute approximate surface area is 174 Å². The fraction of sp³-hybridized carbons (Fsp3) is 0.450. The molecule has 30 heavy (non-hydrogen) atoms. The molecular weight excluding hydrogens is 384 g/mol. The van der Waals surface area contributed by atoms with Gasteiger partial charge in [-0.3, -0.25) is 14.3 Å². The number of pyridine rings is 1. The molecule has 0 saturated heterocycles. The van der Waals surface area contributed by atoms with Crippen molar-refractivity contribution in [1.82, 2.24) is 29.3 Å². The summed E-state index contributed by atoms with van der Waals surface area (Å²) in [6.45, 7) is 5.72. The van der Waals surface area contributed by atoms with Crippen molar-refractivity contribution < 1.29 is 9.59 Å². The van der Waals surface area contributed by atoms with Crippen LogP contribution in [0.4, 0.5) is 11.6 Å². The molecule has 1 N–H and O–H groups in total. The van der Waals surface area contributed by atoms with Crippen LogP contribution in [-0.4, -0.2) is 67.3 Å². The Morgan fingerprint density at radius 2 is 1.97 bits per heavy atom. The molecule has 0 bridgehead atoms. The molecular formula is C20H26N8O2. The minimum atomic E-state index is -0.397. The van der Waals surface area contributed by atoms with Crippen LogP contribution in [0, 0.1) is 0 Å². The zero-order chi connectivity index (χ0) is 21.4. The highest BCUT2D eigenvalue weighted by Gasteiger charge is 2.33. The number of aryl methyl sites for hydroxylation is 1. The van der Waals surface area contributed by atoms with Gasteiger partial charge in [-0.1, -0.05) is 0 Å². The molecule has 1 saturated carbocycles. The van der Waals surface area contributed by atoms with Gasteiger partial charge in [-0.25, -0.2) is 4.52 Å². The van der Waals surface area contributed by atoms with E-state index in [4.69, 9.17) is 0 Å². The molecule has 1 aliphatic carbocycles. The molecule has 1 aliphatic rings. The Balaban J connectivity index is 1.57. The minimum absolute atomic E-state index is 0.189. The molecule has 10 heteroatoms. The van der Waals surface area contributed by atoms with Gasteiger partial charge in [0, 0.05) is 33.2 Å². The predicted molar refractivity (Wildman–Crippen MR) is 113 cm³/mol. The quantitative estimate of drug-likeness (QED) is 0.637. The van der Waals surface area contributed by atoms with Gasteiger partial charge in [0.05, 0.1) is 23.6 Å². The average Bonchev–Trinajstić information content (AvgIpc) is 3.39. The summed E-state index contributed by atoms with van der Waals surface area (Å²) in [5.41, 5.74) is 1.78. The van der Waals surface area contributed by atoms with Gasteiger partial charge in [-0.05, 0) is 38.8 Å². The smallest absolute Gasteiger partial charge is 0.274 e. The van der Waals surface area contributed by atoms with E-state index < -0.39 is 5.91 Å². The average molecular weight is 410 g/mol. The Hall–Kier alpha value is -3.43. The first-order chi connectivity index (χ1) is 14.4. The maximum absolute atomic E-state index is 13.0. The standard InChI is InChI=1S/C20H26N8O2/c1-5-27(6-2)20-23-16-10-7-13(12-28(16)24-20)22-18(29)17-15(11-21-26(17)4)19(30)25(3)14-8-9-14/h7,10-12,14H,5-6,8-9H2,1-4H3,(H,22,29). The zero-order valence-corrected chi connectivity index (χ0v) is 17.7. The first kappa shape index (κ1) is 19.9. The molecule has 2 amide bonds. The van der Waals surface area contributed by atoms with E-state index in [1.54, 1.807) is 41.8 Å². The molecule has 0 aromatic carbocycles. The fourth-order valence-electron chi connectivity index (χ4n) is 3.46. The minimum Gasteiger partial charge on any atom is -0.340 e. The first-order valence-electron chi connectivity index (χ1n) is 10.1. The SMILES string of the molecule is CCN(CC)c1nc2ccc(NC(=O)c3c(C(=O)N(C)C4CC4)cnn3C)cn2n1. The molecule has 0 spiro atoms. The van der Waals surface area contributed by atoms with Crippen molar-refractivity contribution in [2.24, 2.45) is 7.05 Å². The lowest BCUT2D eigenvalue weighted by Crippen LogP contribution is -2.30. The third-order valence-corrected chi connectivity index (χ3v) is 5.42. The number of nitrogens with one attached hydrogen (secondary N) is 1. The summed E-state index contributed by atoms with van der Waals surface area (Å²) in [4.78, 5) is 34.0. The zero-order valence-electron chi connectivity index (χ0n) is 17.7. The van der Waals surface area contributed by atoms with Crippen molar-refractivity contribution in [3.63, 3.8) is 0 Å². The van der Waals surface area contributed by atoms with Gasteiger partial charge in [0.2, 0.25) is 5.95 Å². The van der Waals surface area contributed by atoms with E-state index in [9.17, 15) is 9.59 Å². The van der Waals surface area contributed by atoms with Gasteiger partial charge in [-0.2, -0.15) is 10.1 Å². The first-order valence-corrected chi connectivity index (χ1v) is 10.1. The van der Waals surface area contributed by atoms with Crippen LogP contribution in [0.15, 0.2) is 24.5 Å². The summed E-state index contributed by atoms with van der Waals surface area (Å²) >= 11 is 0. The van der Waals surface area contributed by atoms with Gasteiger partial charge >= 0.3 is 0 Å². The van der Waals surface area contributed by atoms with Crippen LogP contribution in [0.5, 0.6) is 0 Å². The molecule has 3 heterocycles. The molecule has 1 fully saturated rings. The second kappa shape index (κ2) is 7.77. The largest absolute Gasteiger partial charge is 0.340 e. The van der Waals surface area contributed by atoms with Crippen LogP contribution in [0.1, 0.15) is 47.5 Å². The number of hydrogen-bond acceptors (Lipinski definition) is 6. The summed E-state index contributed by atoms with van der Waals surface area (Å²) in [6, 6.07) is 3.82. The van der Waals surface area contributed by atoms with E-state index in [0.29, 0.717) is 22.8 Å². The Kier molecular flexibility index (Phi) is 5.15. The Morgan fingerprint density at radius 3 is 2.63 bits per heavy atom. The normalized spacial score (nSPS) is 13.5. The maximum atomic E-state index is 13.0. The lowest BCUT2D eigenvalue weighted by atomic mass is 10.2. The maximum Gasteiger partial charge on any atom is 0.274 e. The summed E-state index contributed by atoms with van der Waals surface area (Å²) in [5.74, 6) is 0.0587. The Morgan fingerprint density at radius 1 is 1.23 bits per heavy atom. The highest BCUT2D eigenvalue weighted by Crippen LogP contribution is 2.27. The van der Waals surface area contributed by atoms with Crippen molar-refractivity contribution in [3.8, 4) is 0 Å². The molecule has 0 atom stereocenters. The predicted octanol–water partition coefficient (Wildman–Crippen LogP) is 1.80. The third-order valence-electron chi connectivity index (χ3n) is 5.42. The Bertz CT molecular complexity index is 1090. The van der Waals surface area contributed by atoms with Gasteiger partial charge in [0.15, 0.2) is 5.65 Å². The summed E-state index contributed by atoms with van der Waals surface area (Å²) < 4.78 is 3.06. The van der Waals surface area contributed by atoms with E-state index in [0.717, 1.165) is 25.9 Å². The monoisotopic (exact) mass is 410 g/mol. The molecule has 0 aliphatic heterocycles. The van der Waals surface area contributed by atoms with Crippen LogP contribution in [-0.2, 0) is 7.05 Å². The lowest BCUT2D eigenvalue weighted by Gasteiger charge is -2.16. The highest BCUT2D eigenvalue weighted by molar-refractivity contribution is 6.11. The van der Waals surface area contributed by atoms with E-state index in [1.807, 2.05) is 13.8 Å². The molecule has 158 valence electrons. The van der Waals surface area contributed by atoms with Crippen molar-refractivity contribution in [3.05, 3.63) is 35.8 Å². The van der Waals surface area contributed by atoms with Crippen molar-refractivity contribution in [2.45, 2.75) is 32.7 Å². The summed E-state index contributed by atoms with van der Waals surface area (Å²) in [7, 11) is 3.42. The van der Waals surface area contributed by atoms with Gasteiger partial charge in [0.1, 0.15) is 5.69 Å². The molecule has 3 aromatic rings. The van der Waals surface area contributed by atoms with Crippen LogP contribution in [0.3, 0.4) is 0 Å². The van der Waals surface area contributed by atoms with Gasteiger partial charge < -0.3 is 15.1 Å². The molecule has 0 unspecified atom stereocenters. The van der Waals surface area contributed by atoms with Gasteiger partial charge in [-0.15, -0.1) is 5.10 Å². The fourth-order valence-corrected chi connectivity index (χ4v) is 3.46. The number of carbonyl (C=O) groups excluding carboxylic acids is 2. The van der Waals surface area contributed by atoms with E-state index in [2.05, 4.69) is 25.4 Å². The molecule has 0 radical (unpaired) electrons. The number of hydrogen-bond donors (Lipinski definition) is 1. The topological polar surface area (TPSA) is 101 Å². The van der Waals surface area contributed by atoms with Crippen LogP contribution < -0.4 is 10.2 Å². The van der Waals surface area contributed by atoms with Crippen LogP contribution >= 0.6 is 0 Å². The van der Waals surface area contributed by atoms with E-state index in [-0.39, 0.29) is 17.6 Å². The number of aromatic nitrogens is 5. The number of carbonyl (C=O) groups is 2. The van der Waals surface area contributed by atoms with Crippen LogP contribution in [0.2, 0.25) is 0 Å². The van der Waals surface area contributed by atoms with Crippen LogP contribution in [0.25, 0.3) is 5.65 Å². The molecule has 10 nitrogen and oxygen atoms in total. The second-order valence-electron chi connectivity index (χ2n) is 7.44. The summed E-state index contributed by atoms with van der Waals surface area (Å²) in [6.07, 6.45) is 5.16. The number of amides is 2. The van der Waals surface area contributed by atoms with E-state index in [1.165, 1.54) is 10.9 Å². The van der Waals surface area contributed by atoms with Crippen molar-refractivity contribution in [1.29, 1.82) is 0 Å². The van der Waals surface area contributed by atoms with Crippen molar-refractivity contribution >= 4 is 29.1 Å². The molecule has 3 aromatic heterocycles. The number of rotatable bonds is 7. The highest BCUT2D eigenvalue weighted by atomic mass is 16.2. The lowest BCUT2D eigenvalue weighted by molar-refractivity contribution is 0.0779. The third kappa shape index (κ3) is 3.60. The number of fused-ring (bicyclic) bond motifs is 1. The second-order valence-corrected chi connectivity index (χ2v) is 7.44. The van der Waals surface area contributed by atoms with Crippen molar-refractivity contribution in [2.75, 3.05) is 30.4 Å². The number of anilines is 2. The molecule has 4 rings (SSSR count). The number of nitrogens with zero attached hydrogens (tertiary/aromatic N) is 7.